The van der Waals surface area contributed by atoms with E-state index in [1.54, 1.807) is 29.1 Å². The van der Waals surface area contributed by atoms with Gasteiger partial charge in [-0.25, -0.2) is 0 Å². The fourth-order valence-electron chi connectivity index (χ4n) is 1.81. The van der Waals surface area contributed by atoms with E-state index < -0.39 is 6.10 Å². The van der Waals surface area contributed by atoms with E-state index in [1.165, 1.54) is 0 Å². The average Bonchev–Trinajstić information content (AvgIpc) is 2.78. The Kier molecular flexibility index (Phi) is 4.27. The van der Waals surface area contributed by atoms with Gasteiger partial charge in [0.2, 0.25) is 0 Å². The third-order valence-electron chi connectivity index (χ3n) is 2.69. The van der Waals surface area contributed by atoms with E-state index in [4.69, 9.17) is 23.2 Å². The predicted octanol–water partition coefficient (Wildman–Crippen LogP) is 3.68. The topological polar surface area (TPSA) is 38.0 Å². The van der Waals surface area contributed by atoms with Gasteiger partial charge < -0.3 is 5.11 Å². The molecule has 0 saturated carbocycles. The summed E-state index contributed by atoms with van der Waals surface area (Å²) < 4.78 is 1.79. The van der Waals surface area contributed by atoms with Gasteiger partial charge in [0, 0.05) is 33.9 Å². The second-order valence-electron chi connectivity index (χ2n) is 4.07. The fourth-order valence-corrected chi connectivity index (χ4v) is 2.41. The van der Waals surface area contributed by atoms with Gasteiger partial charge in [-0.2, -0.15) is 5.10 Å². The molecule has 2 rings (SSSR count). The molecule has 0 fully saturated rings. The minimum Gasteiger partial charge on any atom is -0.383 e. The van der Waals surface area contributed by atoms with Crippen LogP contribution in [0.3, 0.4) is 0 Å². The van der Waals surface area contributed by atoms with Crippen molar-refractivity contribution in [2.45, 2.75) is 26.0 Å². The van der Waals surface area contributed by atoms with Crippen molar-refractivity contribution in [1.82, 2.24) is 9.78 Å². The molecule has 1 N–H and O–H groups in total. The van der Waals surface area contributed by atoms with Crippen LogP contribution < -0.4 is 0 Å². The van der Waals surface area contributed by atoms with Crippen LogP contribution in [0.4, 0.5) is 0 Å². The lowest BCUT2D eigenvalue weighted by atomic mass is 10.0. The Hall–Kier alpha value is -1.03. The zero-order valence-electron chi connectivity index (χ0n) is 9.98. The molecule has 2 aromatic rings. The number of halogens is 2. The number of nitrogens with zero attached hydrogens (tertiary/aromatic N) is 2. The molecule has 1 atom stereocenters. The van der Waals surface area contributed by atoms with Crippen LogP contribution in [-0.4, -0.2) is 14.9 Å². The van der Waals surface area contributed by atoms with Crippen LogP contribution in [0.15, 0.2) is 30.6 Å². The summed E-state index contributed by atoms with van der Waals surface area (Å²) in [7, 11) is 0. The first-order valence-electron chi connectivity index (χ1n) is 5.77. The maximum absolute atomic E-state index is 10.3. The van der Waals surface area contributed by atoms with Gasteiger partial charge in [-0.05, 0) is 18.6 Å². The van der Waals surface area contributed by atoms with Gasteiger partial charge in [-0.1, -0.05) is 36.2 Å². The maximum atomic E-state index is 10.3. The van der Waals surface area contributed by atoms with Crippen molar-refractivity contribution in [2.24, 2.45) is 0 Å². The van der Waals surface area contributed by atoms with Crippen molar-refractivity contribution in [1.29, 1.82) is 0 Å². The molecule has 0 amide bonds. The number of rotatable bonds is 4. The van der Waals surface area contributed by atoms with Crippen LogP contribution in [0.2, 0.25) is 10.0 Å². The largest absolute Gasteiger partial charge is 0.383 e. The molecule has 1 unspecified atom stereocenters. The van der Waals surface area contributed by atoms with Crippen LogP contribution in [0, 0.1) is 0 Å². The molecule has 1 aromatic carbocycles. The van der Waals surface area contributed by atoms with Gasteiger partial charge in [-0.3, -0.25) is 4.68 Å². The Balaban J connectivity index is 2.32. The highest BCUT2D eigenvalue weighted by Gasteiger charge is 2.18. The minimum absolute atomic E-state index is 0.457. The van der Waals surface area contributed by atoms with Gasteiger partial charge in [0.05, 0.1) is 6.20 Å². The van der Waals surface area contributed by atoms with Crippen molar-refractivity contribution in [3.8, 4) is 0 Å². The number of aliphatic hydroxyl groups excluding tert-OH is 1. The summed E-state index contributed by atoms with van der Waals surface area (Å²) in [6.07, 6.45) is 3.59. The van der Waals surface area contributed by atoms with Gasteiger partial charge in [0.15, 0.2) is 0 Å². The molecule has 18 heavy (non-hydrogen) atoms. The van der Waals surface area contributed by atoms with Crippen LogP contribution >= 0.6 is 23.2 Å². The van der Waals surface area contributed by atoms with Gasteiger partial charge in [0.25, 0.3) is 0 Å². The Morgan fingerprint density at radius 1 is 1.33 bits per heavy atom. The third kappa shape index (κ3) is 2.69. The summed E-state index contributed by atoms with van der Waals surface area (Å²) in [5.41, 5.74) is 1.22. The molecule has 0 aliphatic rings. The first-order chi connectivity index (χ1) is 8.63. The molecule has 0 bridgehead atoms. The normalized spacial score (nSPS) is 12.7. The molecule has 96 valence electrons. The van der Waals surface area contributed by atoms with Crippen LogP contribution in [0.1, 0.15) is 30.6 Å². The predicted molar refractivity (Wildman–Crippen MR) is 73.0 cm³/mol. The number of hydrogen-bond acceptors (Lipinski definition) is 2. The number of benzene rings is 1. The van der Waals surface area contributed by atoms with E-state index in [0.717, 1.165) is 13.0 Å². The number of hydrogen-bond donors (Lipinski definition) is 1. The smallest absolute Gasteiger partial charge is 0.110 e. The monoisotopic (exact) mass is 284 g/mol. The zero-order valence-corrected chi connectivity index (χ0v) is 11.5. The first-order valence-corrected chi connectivity index (χ1v) is 6.53. The first kappa shape index (κ1) is 13.4. The van der Waals surface area contributed by atoms with E-state index in [-0.39, 0.29) is 0 Å². The van der Waals surface area contributed by atoms with Crippen molar-refractivity contribution < 1.29 is 5.11 Å². The maximum Gasteiger partial charge on any atom is 0.110 e. The molecular weight excluding hydrogens is 271 g/mol. The highest BCUT2D eigenvalue weighted by molar-refractivity contribution is 6.36. The Bertz CT molecular complexity index is 519. The van der Waals surface area contributed by atoms with Crippen LogP contribution in [0.25, 0.3) is 0 Å². The SMILES string of the molecule is CCCn1cc(C(O)c2c(Cl)cccc2Cl)cn1. The van der Waals surface area contributed by atoms with Crippen LogP contribution in [0.5, 0.6) is 0 Å². The molecule has 0 saturated heterocycles. The molecule has 0 aliphatic carbocycles. The molecule has 0 spiro atoms. The number of aromatic nitrogens is 2. The second kappa shape index (κ2) is 5.74. The Morgan fingerprint density at radius 2 is 2.00 bits per heavy atom. The molecule has 1 aromatic heterocycles. The van der Waals surface area contributed by atoms with Crippen molar-refractivity contribution in [3.05, 3.63) is 51.8 Å². The molecule has 1 heterocycles. The van der Waals surface area contributed by atoms with Crippen LogP contribution in [-0.2, 0) is 6.54 Å². The summed E-state index contributed by atoms with van der Waals surface area (Å²) in [5.74, 6) is 0. The minimum atomic E-state index is -0.850. The van der Waals surface area contributed by atoms with Crippen molar-refractivity contribution >= 4 is 23.2 Å². The molecule has 0 radical (unpaired) electrons. The van der Waals surface area contributed by atoms with Crippen molar-refractivity contribution in [3.63, 3.8) is 0 Å². The van der Waals surface area contributed by atoms with Gasteiger partial charge >= 0.3 is 0 Å². The quantitative estimate of drug-likeness (QED) is 0.930. The van der Waals surface area contributed by atoms with Gasteiger partial charge in [-0.15, -0.1) is 0 Å². The van der Waals surface area contributed by atoms with Crippen molar-refractivity contribution in [2.75, 3.05) is 0 Å². The summed E-state index contributed by atoms with van der Waals surface area (Å²) >= 11 is 12.1. The Morgan fingerprint density at radius 3 is 2.61 bits per heavy atom. The fraction of sp³-hybridized carbons (Fsp3) is 0.308. The molecule has 0 aliphatic heterocycles. The van der Waals surface area contributed by atoms with E-state index in [2.05, 4.69) is 12.0 Å². The van der Waals surface area contributed by atoms with E-state index in [0.29, 0.717) is 21.2 Å². The highest BCUT2D eigenvalue weighted by Crippen LogP contribution is 2.33. The molecule has 3 nitrogen and oxygen atoms in total. The average molecular weight is 285 g/mol. The molecular formula is C13H14Cl2N2O. The summed E-state index contributed by atoms with van der Waals surface area (Å²) in [6.45, 7) is 2.89. The lowest BCUT2D eigenvalue weighted by molar-refractivity contribution is 0.220. The standard InChI is InChI=1S/C13H14Cl2N2O/c1-2-6-17-8-9(7-16-17)13(18)12-10(14)4-3-5-11(12)15/h3-5,7-8,13,18H,2,6H2,1H3. The highest BCUT2D eigenvalue weighted by atomic mass is 35.5. The lowest BCUT2D eigenvalue weighted by Gasteiger charge is -2.12. The number of aliphatic hydroxyl groups is 1. The third-order valence-corrected chi connectivity index (χ3v) is 3.35. The lowest BCUT2D eigenvalue weighted by Crippen LogP contribution is -2.01. The van der Waals surface area contributed by atoms with E-state index >= 15 is 0 Å². The van der Waals surface area contributed by atoms with E-state index in [9.17, 15) is 5.11 Å². The summed E-state index contributed by atoms with van der Waals surface area (Å²) in [5, 5.41) is 15.4. The Labute approximate surface area is 116 Å². The molecule has 5 heteroatoms. The van der Waals surface area contributed by atoms with Gasteiger partial charge in [0.1, 0.15) is 6.10 Å². The summed E-state index contributed by atoms with van der Waals surface area (Å²) in [4.78, 5) is 0. The number of aryl methyl sites for hydroxylation is 1. The zero-order chi connectivity index (χ0) is 13.1. The second-order valence-corrected chi connectivity index (χ2v) is 4.89. The summed E-state index contributed by atoms with van der Waals surface area (Å²) in [6, 6.07) is 5.17. The van der Waals surface area contributed by atoms with E-state index in [1.807, 2.05) is 6.20 Å².